The second-order valence-corrected chi connectivity index (χ2v) is 7.50. The smallest absolute Gasteiger partial charge is 0.253 e. The van der Waals surface area contributed by atoms with Crippen LogP contribution in [0, 0.1) is 12.1 Å². The second-order valence-electron chi connectivity index (χ2n) is 7.50. The highest BCUT2D eigenvalue weighted by Gasteiger charge is 2.24. The molecule has 4 nitrogen and oxygen atoms in total. The van der Waals surface area contributed by atoms with Crippen LogP contribution >= 0.6 is 0 Å². The lowest BCUT2D eigenvalue weighted by Crippen LogP contribution is -2.37. The van der Waals surface area contributed by atoms with E-state index in [4.69, 9.17) is 0 Å². The van der Waals surface area contributed by atoms with Crippen LogP contribution < -0.4 is 4.73 Å². The van der Waals surface area contributed by atoms with Gasteiger partial charge in [0.15, 0.2) is 12.4 Å². The lowest BCUT2D eigenvalue weighted by Gasteiger charge is -2.32. The second kappa shape index (κ2) is 7.85. The molecule has 1 saturated heterocycles. The molecule has 4 rings (SSSR count). The molecule has 1 amide bonds. The Kier molecular flexibility index (Phi) is 5.11. The quantitative estimate of drug-likeness (QED) is 0.508. The van der Waals surface area contributed by atoms with Gasteiger partial charge in [0.05, 0.1) is 0 Å². The van der Waals surface area contributed by atoms with Crippen LogP contribution in [0.5, 0.6) is 0 Å². The molecule has 1 aromatic heterocycles. The van der Waals surface area contributed by atoms with E-state index in [2.05, 4.69) is 31.2 Å². The monoisotopic (exact) mass is 372 g/mol. The van der Waals surface area contributed by atoms with Crippen LogP contribution in [-0.2, 0) is 0 Å². The molecule has 142 valence electrons. The third-order valence-electron chi connectivity index (χ3n) is 5.56. The van der Waals surface area contributed by atoms with E-state index in [0.717, 1.165) is 41.8 Å². The lowest BCUT2D eigenvalue weighted by atomic mass is 9.88. The first-order valence-electron chi connectivity index (χ1n) is 9.75. The predicted molar refractivity (Wildman–Crippen MR) is 110 cm³/mol. The number of amides is 1. The Hall–Kier alpha value is -3.14. The van der Waals surface area contributed by atoms with Crippen molar-refractivity contribution in [1.82, 2.24) is 4.90 Å². The number of aromatic nitrogens is 1. The van der Waals surface area contributed by atoms with Gasteiger partial charge < -0.3 is 10.1 Å². The number of carbonyl (C=O) groups excluding carboxylic acids is 1. The molecule has 0 atom stereocenters. The fraction of sp³-hybridized carbons (Fsp3) is 0.250. The van der Waals surface area contributed by atoms with Crippen molar-refractivity contribution < 1.29 is 9.52 Å². The average molecular weight is 372 g/mol. The number of hydrogen-bond acceptors (Lipinski definition) is 2. The van der Waals surface area contributed by atoms with E-state index in [9.17, 15) is 10.0 Å². The van der Waals surface area contributed by atoms with Gasteiger partial charge in [-0.05, 0) is 54.5 Å². The molecule has 0 radical (unpaired) electrons. The van der Waals surface area contributed by atoms with E-state index in [1.54, 1.807) is 12.1 Å². The van der Waals surface area contributed by atoms with Crippen LogP contribution in [0.2, 0.25) is 0 Å². The van der Waals surface area contributed by atoms with Crippen molar-refractivity contribution in [3.05, 3.63) is 95.0 Å². The highest BCUT2D eigenvalue weighted by molar-refractivity contribution is 5.94. The number of nitrogens with zero attached hydrogens (tertiary/aromatic N) is 2. The normalized spacial score (nSPS) is 14.8. The Morgan fingerprint density at radius 1 is 0.964 bits per heavy atom. The predicted octanol–water partition coefficient (Wildman–Crippen LogP) is 4.32. The summed E-state index contributed by atoms with van der Waals surface area (Å²) >= 11 is 0. The van der Waals surface area contributed by atoms with Crippen molar-refractivity contribution in [2.45, 2.75) is 25.7 Å². The van der Waals surface area contributed by atoms with Crippen molar-refractivity contribution in [3.8, 4) is 11.1 Å². The van der Waals surface area contributed by atoms with Gasteiger partial charge in [0.2, 0.25) is 0 Å². The molecule has 0 unspecified atom stereocenters. The third-order valence-corrected chi connectivity index (χ3v) is 5.56. The zero-order valence-electron chi connectivity index (χ0n) is 16.0. The zero-order chi connectivity index (χ0) is 19.5. The van der Waals surface area contributed by atoms with Gasteiger partial charge in [-0.2, -0.15) is 4.73 Å². The average Bonchev–Trinajstić information content (AvgIpc) is 2.74. The number of aryl methyl sites for hydroxylation is 1. The summed E-state index contributed by atoms with van der Waals surface area (Å²) < 4.78 is 0.766. The van der Waals surface area contributed by atoms with Gasteiger partial charge in [-0.25, -0.2) is 0 Å². The Morgan fingerprint density at radius 3 is 2.25 bits per heavy atom. The largest absolute Gasteiger partial charge is 0.619 e. The number of benzene rings is 2. The van der Waals surface area contributed by atoms with Crippen LogP contribution in [0.25, 0.3) is 11.1 Å². The van der Waals surface area contributed by atoms with Gasteiger partial charge in [-0.1, -0.05) is 42.0 Å². The van der Waals surface area contributed by atoms with Crippen molar-refractivity contribution in [1.29, 1.82) is 0 Å². The first-order valence-corrected chi connectivity index (χ1v) is 9.75. The number of rotatable bonds is 3. The Morgan fingerprint density at radius 2 is 1.61 bits per heavy atom. The minimum atomic E-state index is 0.0969. The van der Waals surface area contributed by atoms with Gasteiger partial charge in [0, 0.05) is 30.8 Å². The highest BCUT2D eigenvalue weighted by Crippen LogP contribution is 2.29. The van der Waals surface area contributed by atoms with Gasteiger partial charge in [-0.15, -0.1) is 0 Å². The van der Waals surface area contributed by atoms with Crippen molar-refractivity contribution in [3.63, 3.8) is 0 Å². The van der Waals surface area contributed by atoms with E-state index in [1.165, 1.54) is 23.5 Å². The summed E-state index contributed by atoms with van der Waals surface area (Å²) in [5.41, 5.74) is 5.35. The van der Waals surface area contributed by atoms with E-state index in [-0.39, 0.29) is 5.91 Å². The summed E-state index contributed by atoms with van der Waals surface area (Å²) in [6.45, 7) is 3.71. The zero-order valence-corrected chi connectivity index (χ0v) is 16.0. The van der Waals surface area contributed by atoms with Crippen molar-refractivity contribution >= 4 is 5.91 Å². The van der Waals surface area contributed by atoms with Gasteiger partial charge in [-0.3, -0.25) is 4.79 Å². The maximum Gasteiger partial charge on any atom is 0.253 e. The maximum atomic E-state index is 12.9. The van der Waals surface area contributed by atoms with Gasteiger partial charge >= 0.3 is 0 Å². The number of pyridine rings is 1. The minimum absolute atomic E-state index is 0.0969. The topological polar surface area (TPSA) is 47.2 Å². The molecule has 0 N–H and O–H groups in total. The molecule has 0 bridgehead atoms. The first kappa shape index (κ1) is 18.2. The molecule has 2 heterocycles. The van der Waals surface area contributed by atoms with E-state index in [1.807, 2.05) is 29.2 Å². The Bertz CT molecular complexity index is 957. The third kappa shape index (κ3) is 3.91. The lowest BCUT2D eigenvalue weighted by molar-refractivity contribution is -0.605. The SMILES string of the molecule is Cc1cccc(C2CCN(C(=O)c3ccc(-c4cc[n+]([O-])cc4)cc3)CC2)c1. The molecular weight excluding hydrogens is 348 g/mol. The molecule has 0 spiro atoms. The van der Waals surface area contributed by atoms with Crippen LogP contribution in [0.1, 0.15) is 40.2 Å². The Balaban J connectivity index is 1.40. The molecule has 0 aliphatic carbocycles. The van der Waals surface area contributed by atoms with Crippen LogP contribution in [0.4, 0.5) is 0 Å². The Labute approximate surface area is 165 Å². The number of hydrogen-bond donors (Lipinski definition) is 0. The summed E-state index contributed by atoms with van der Waals surface area (Å²) in [6, 6.07) is 19.9. The summed E-state index contributed by atoms with van der Waals surface area (Å²) in [6.07, 6.45) is 4.97. The van der Waals surface area contributed by atoms with E-state index < -0.39 is 0 Å². The maximum absolute atomic E-state index is 12.9. The fourth-order valence-corrected chi connectivity index (χ4v) is 3.93. The molecular formula is C24H24N2O2. The molecule has 1 aliphatic rings. The molecule has 1 fully saturated rings. The number of likely N-dealkylation sites (tertiary alicyclic amines) is 1. The molecule has 2 aromatic carbocycles. The first-order chi connectivity index (χ1) is 13.6. The van der Waals surface area contributed by atoms with E-state index in [0.29, 0.717) is 11.5 Å². The van der Waals surface area contributed by atoms with Gasteiger partial charge in [0.25, 0.3) is 5.91 Å². The number of carbonyl (C=O) groups is 1. The van der Waals surface area contributed by atoms with Crippen LogP contribution in [0.3, 0.4) is 0 Å². The van der Waals surface area contributed by atoms with Crippen LogP contribution in [0.15, 0.2) is 73.1 Å². The van der Waals surface area contributed by atoms with Gasteiger partial charge in [0.1, 0.15) is 0 Å². The van der Waals surface area contributed by atoms with Crippen molar-refractivity contribution in [2.24, 2.45) is 0 Å². The molecule has 3 aromatic rings. The molecule has 4 heteroatoms. The summed E-state index contributed by atoms with van der Waals surface area (Å²) in [5, 5.41) is 11.2. The van der Waals surface area contributed by atoms with E-state index >= 15 is 0 Å². The standard InChI is InChI=1S/C24H24N2O2/c1-18-3-2-4-23(17-18)21-9-13-25(14-10-21)24(27)22-7-5-19(6-8-22)20-11-15-26(28)16-12-20/h2-8,11-12,15-17,21H,9-10,13-14H2,1H3. The van der Waals surface area contributed by atoms with Crippen LogP contribution in [-0.4, -0.2) is 23.9 Å². The molecule has 28 heavy (non-hydrogen) atoms. The van der Waals surface area contributed by atoms with Crippen molar-refractivity contribution in [2.75, 3.05) is 13.1 Å². The number of piperidine rings is 1. The molecule has 1 aliphatic heterocycles. The summed E-state index contributed by atoms with van der Waals surface area (Å²) in [5.74, 6) is 0.632. The highest BCUT2D eigenvalue weighted by atomic mass is 16.5. The minimum Gasteiger partial charge on any atom is -0.619 e. The molecule has 0 saturated carbocycles. The fourth-order valence-electron chi connectivity index (χ4n) is 3.93. The summed E-state index contributed by atoms with van der Waals surface area (Å²) in [7, 11) is 0. The summed E-state index contributed by atoms with van der Waals surface area (Å²) in [4.78, 5) is 14.8.